The fourth-order valence-electron chi connectivity index (χ4n) is 3.95. The van der Waals surface area contributed by atoms with E-state index in [0.717, 1.165) is 70.3 Å². The van der Waals surface area contributed by atoms with Crippen LogP contribution in [0.25, 0.3) is 0 Å². The molecule has 26 heavy (non-hydrogen) atoms. The Labute approximate surface area is 157 Å². The van der Waals surface area contributed by atoms with Crippen LogP contribution in [-0.4, -0.2) is 92.7 Å². The minimum Gasteiger partial charge on any atom is -0.495 e. The van der Waals surface area contributed by atoms with Crippen molar-refractivity contribution < 1.29 is 9.53 Å². The van der Waals surface area contributed by atoms with Crippen LogP contribution >= 0.6 is 0 Å². The molecule has 3 rings (SSSR count). The number of carbonyl (C=O) groups excluding carboxylic acids is 1. The number of para-hydroxylation sites is 2. The molecule has 1 aromatic rings. The topological polar surface area (TPSA) is 39.3 Å². The predicted octanol–water partition coefficient (Wildman–Crippen LogP) is 1.37. The van der Waals surface area contributed by atoms with Crippen LogP contribution in [-0.2, 0) is 4.79 Å². The van der Waals surface area contributed by atoms with Gasteiger partial charge in [-0.3, -0.25) is 9.69 Å². The van der Waals surface area contributed by atoms with Gasteiger partial charge in [-0.2, -0.15) is 0 Å². The average Bonchev–Trinajstić information content (AvgIpc) is 2.73. The maximum absolute atomic E-state index is 12.9. The summed E-state index contributed by atoms with van der Waals surface area (Å²) in [7, 11) is 1.72. The van der Waals surface area contributed by atoms with E-state index in [0.29, 0.717) is 0 Å². The van der Waals surface area contributed by atoms with E-state index in [1.54, 1.807) is 7.11 Å². The molecule has 2 aliphatic heterocycles. The van der Waals surface area contributed by atoms with E-state index in [1.165, 1.54) is 0 Å². The van der Waals surface area contributed by atoms with E-state index < -0.39 is 0 Å². The molecule has 2 aliphatic rings. The zero-order valence-corrected chi connectivity index (χ0v) is 16.4. The van der Waals surface area contributed by atoms with Gasteiger partial charge in [0.1, 0.15) is 5.75 Å². The van der Waals surface area contributed by atoms with Gasteiger partial charge in [-0.05, 0) is 25.6 Å². The summed E-state index contributed by atoms with van der Waals surface area (Å²) >= 11 is 0. The van der Waals surface area contributed by atoms with Crippen molar-refractivity contribution in [3.05, 3.63) is 24.3 Å². The third-order valence-corrected chi connectivity index (χ3v) is 5.78. The maximum atomic E-state index is 12.9. The summed E-state index contributed by atoms with van der Waals surface area (Å²) < 4.78 is 5.49. The number of hydrogen-bond acceptors (Lipinski definition) is 5. The second-order valence-electron chi connectivity index (χ2n) is 7.13. The number of nitrogens with zero attached hydrogens (tertiary/aromatic N) is 4. The molecule has 0 radical (unpaired) electrons. The summed E-state index contributed by atoms with van der Waals surface area (Å²) in [6.45, 7) is 12.7. The highest BCUT2D eigenvalue weighted by Gasteiger charge is 2.30. The first-order chi connectivity index (χ1) is 12.6. The van der Waals surface area contributed by atoms with Gasteiger partial charge in [0, 0.05) is 52.4 Å². The van der Waals surface area contributed by atoms with Crippen molar-refractivity contribution in [1.82, 2.24) is 14.7 Å². The minimum atomic E-state index is -0.0389. The molecule has 2 saturated heterocycles. The van der Waals surface area contributed by atoms with Crippen LogP contribution in [0.2, 0.25) is 0 Å². The van der Waals surface area contributed by atoms with Crippen LogP contribution < -0.4 is 9.64 Å². The number of methoxy groups -OCH3 is 1. The molecule has 0 aromatic heterocycles. The lowest BCUT2D eigenvalue weighted by Crippen LogP contribution is -2.57. The molecule has 2 heterocycles. The number of amides is 1. The molecule has 1 amide bonds. The summed E-state index contributed by atoms with van der Waals surface area (Å²) in [5.74, 6) is 1.20. The molecular weight excluding hydrogens is 328 g/mol. The molecule has 6 heteroatoms. The first-order valence-electron chi connectivity index (χ1n) is 9.77. The van der Waals surface area contributed by atoms with Gasteiger partial charge in [-0.25, -0.2) is 0 Å². The summed E-state index contributed by atoms with van der Waals surface area (Å²) in [6.07, 6.45) is 0. The SMILES string of the molecule is CCN1CCN(C(=O)[C@H](C)N2CCN(c3ccccc3OC)CC2)CC1. The summed E-state index contributed by atoms with van der Waals surface area (Å²) in [4.78, 5) is 22.0. The summed E-state index contributed by atoms with van der Waals surface area (Å²) in [5, 5.41) is 0. The monoisotopic (exact) mass is 360 g/mol. The van der Waals surface area contributed by atoms with Crippen LogP contribution in [0.5, 0.6) is 5.75 Å². The van der Waals surface area contributed by atoms with Crippen molar-refractivity contribution in [2.45, 2.75) is 19.9 Å². The highest BCUT2D eigenvalue weighted by molar-refractivity contribution is 5.81. The normalized spacial score (nSPS) is 20.9. The predicted molar refractivity (Wildman–Crippen MR) is 105 cm³/mol. The summed E-state index contributed by atoms with van der Waals surface area (Å²) in [6, 6.07) is 8.12. The van der Waals surface area contributed by atoms with Crippen molar-refractivity contribution in [1.29, 1.82) is 0 Å². The second-order valence-corrected chi connectivity index (χ2v) is 7.13. The standard InChI is InChI=1S/C20H32N4O2/c1-4-21-9-11-24(12-10-21)20(25)17(2)22-13-15-23(16-14-22)18-7-5-6-8-19(18)26-3/h5-8,17H,4,9-16H2,1-3H3/t17-/m0/s1. The Morgan fingerprint density at radius 2 is 1.69 bits per heavy atom. The van der Waals surface area contributed by atoms with E-state index in [2.05, 4.69) is 34.6 Å². The van der Waals surface area contributed by atoms with Gasteiger partial charge in [0.05, 0.1) is 18.8 Å². The van der Waals surface area contributed by atoms with Gasteiger partial charge in [0.2, 0.25) is 5.91 Å². The van der Waals surface area contributed by atoms with Crippen molar-refractivity contribution in [3.63, 3.8) is 0 Å². The number of anilines is 1. The van der Waals surface area contributed by atoms with Gasteiger partial charge < -0.3 is 19.4 Å². The number of benzene rings is 1. The molecule has 0 N–H and O–H groups in total. The zero-order chi connectivity index (χ0) is 18.5. The largest absolute Gasteiger partial charge is 0.495 e. The number of carbonyl (C=O) groups is 1. The van der Waals surface area contributed by atoms with Gasteiger partial charge in [0.25, 0.3) is 0 Å². The van der Waals surface area contributed by atoms with Gasteiger partial charge in [-0.15, -0.1) is 0 Å². The molecule has 6 nitrogen and oxygen atoms in total. The lowest BCUT2D eigenvalue weighted by molar-refractivity contribution is -0.138. The quantitative estimate of drug-likeness (QED) is 0.793. The van der Waals surface area contributed by atoms with Gasteiger partial charge in [-0.1, -0.05) is 19.1 Å². The Morgan fingerprint density at radius 1 is 1.04 bits per heavy atom. The fourth-order valence-corrected chi connectivity index (χ4v) is 3.95. The Balaban J connectivity index is 1.53. The molecule has 1 atom stereocenters. The Kier molecular flexibility index (Phi) is 6.38. The third kappa shape index (κ3) is 4.13. The minimum absolute atomic E-state index is 0.0389. The van der Waals surface area contributed by atoms with Crippen LogP contribution in [0, 0.1) is 0 Å². The van der Waals surface area contributed by atoms with Crippen molar-refractivity contribution in [2.75, 3.05) is 70.9 Å². The van der Waals surface area contributed by atoms with E-state index >= 15 is 0 Å². The highest BCUT2D eigenvalue weighted by atomic mass is 16.5. The Bertz CT molecular complexity index is 593. The van der Waals surface area contributed by atoms with Crippen LogP contribution in [0.15, 0.2) is 24.3 Å². The Hall–Kier alpha value is -1.79. The van der Waals surface area contributed by atoms with Crippen LogP contribution in [0.1, 0.15) is 13.8 Å². The molecular formula is C20H32N4O2. The first-order valence-corrected chi connectivity index (χ1v) is 9.77. The van der Waals surface area contributed by atoms with Crippen molar-refractivity contribution >= 4 is 11.6 Å². The molecule has 0 aliphatic carbocycles. The lowest BCUT2D eigenvalue weighted by Gasteiger charge is -2.41. The van der Waals surface area contributed by atoms with E-state index in [4.69, 9.17) is 4.74 Å². The van der Waals surface area contributed by atoms with Crippen LogP contribution in [0.4, 0.5) is 5.69 Å². The van der Waals surface area contributed by atoms with Crippen LogP contribution in [0.3, 0.4) is 0 Å². The molecule has 0 spiro atoms. The first kappa shape index (κ1) is 19.0. The zero-order valence-electron chi connectivity index (χ0n) is 16.4. The molecule has 144 valence electrons. The van der Waals surface area contributed by atoms with Crippen molar-refractivity contribution in [3.8, 4) is 5.75 Å². The number of ether oxygens (including phenoxy) is 1. The Morgan fingerprint density at radius 3 is 2.31 bits per heavy atom. The summed E-state index contributed by atoms with van der Waals surface area (Å²) in [5.41, 5.74) is 1.14. The number of piperazine rings is 2. The third-order valence-electron chi connectivity index (χ3n) is 5.78. The van der Waals surface area contributed by atoms with E-state index in [1.807, 2.05) is 23.1 Å². The van der Waals surface area contributed by atoms with E-state index in [9.17, 15) is 4.79 Å². The average molecular weight is 361 g/mol. The molecule has 2 fully saturated rings. The number of hydrogen-bond donors (Lipinski definition) is 0. The highest BCUT2D eigenvalue weighted by Crippen LogP contribution is 2.28. The number of rotatable bonds is 5. The van der Waals surface area contributed by atoms with Gasteiger partial charge in [0.15, 0.2) is 0 Å². The molecule has 0 saturated carbocycles. The van der Waals surface area contributed by atoms with Crippen molar-refractivity contribution in [2.24, 2.45) is 0 Å². The molecule has 0 bridgehead atoms. The lowest BCUT2D eigenvalue weighted by atomic mass is 10.1. The van der Waals surface area contributed by atoms with E-state index in [-0.39, 0.29) is 11.9 Å². The smallest absolute Gasteiger partial charge is 0.239 e. The maximum Gasteiger partial charge on any atom is 0.239 e. The molecule has 0 unspecified atom stereocenters. The number of likely N-dealkylation sites (N-methyl/N-ethyl adjacent to an activating group) is 1. The molecule has 1 aromatic carbocycles. The van der Waals surface area contributed by atoms with Gasteiger partial charge >= 0.3 is 0 Å². The second kappa shape index (κ2) is 8.73. The fraction of sp³-hybridized carbons (Fsp3) is 0.650.